The van der Waals surface area contributed by atoms with Gasteiger partial charge in [-0.05, 0) is 75.2 Å². The number of sulfone groups is 1. The minimum Gasteiger partial charge on any atom is -0.376 e. The SMILES string of the molecule is CC(C)S(=O)(=O)c1ccc(C(=O)Nc2ccc(NC(=O)NCC3CCCO3)cc2)cc1. The number of carbonyl (C=O) groups is 2. The van der Waals surface area contributed by atoms with Gasteiger partial charge in [-0.25, -0.2) is 13.2 Å². The molecule has 0 spiro atoms. The van der Waals surface area contributed by atoms with Gasteiger partial charge in [0.05, 0.1) is 16.2 Å². The van der Waals surface area contributed by atoms with Gasteiger partial charge in [0.25, 0.3) is 5.91 Å². The number of ether oxygens (including phenoxy) is 1. The van der Waals surface area contributed by atoms with E-state index >= 15 is 0 Å². The van der Waals surface area contributed by atoms with Crippen LogP contribution in [0.4, 0.5) is 16.2 Å². The van der Waals surface area contributed by atoms with E-state index in [1.165, 1.54) is 24.3 Å². The van der Waals surface area contributed by atoms with Gasteiger partial charge in [0, 0.05) is 30.1 Å². The fraction of sp³-hybridized carbons (Fsp3) is 0.364. The number of anilines is 2. The van der Waals surface area contributed by atoms with E-state index in [9.17, 15) is 18.0 Å². The Balaban J connectivity index is 1.53. The normalized spacial score (nSPS) is 16.2. The first-order valence-corrected chi connectivity index (χ1v) is 11.7. The van der Waals surface area contributed by atoms with Crippen molar-refractivity contribution in [3.63, 3.8) is 0 Å². The molecule has 1 aliphatic heterocycles. The van der Waals surface area contributed by atoms with Gasteiger partial charge in [0.15, 0.2) is 9.84 Å². The third kappa shape index (κ3) is 6.05. The molecule has 1 fully saturated rings. The molecule has 9 heteroatoms. The van der Waals surface area contributed by atoms with Crippen molar-refractivity contribution in [3.8, 4) is 0 Å². The van der Waals surface area contributed by atoms with Crippen molar-refractivity contribution in [2.45, 2.75) is 42.9 Å². The number of carbonyl (C=O) groups excluding carboxylic acids is 2. The Labute approximate surface area is 182 Å². The van der Waals surface area contributed by atoms with Crippen molar-refractivity contribution >= 4 is 33.2 Å². The Morgan fingerprint density at radius 1 is 1.00 bits per heavy atom. The average Bonchev–Trinajstić information content (AvgIpc) is 3.27. The maximum Gasteiger partial charge on any atom is 0.319 e. The predicted octanol–water partition coefficient (Wildman–Crippen LogP) is 3.42. The molecule has 3 rings (SSSR count). The van der Waals surface area contributed by atoms with E-state index in [-0.39, 0.29) is 22.9 Å². The third-order valence-corrected chi connectivity index (χ3v) is 7.15. The second-order valence-electron chi connectivity index (χ2n) is 7.62. The zero-order valence-corrected chi connectivity index (χ0v) is 18.4. The van der Waals surface area contributed by atoms with Crippen LogP contribution in [0.15, 0.2) is 53.4 Å². The first kappa shape index (κ1) is 22.8. The highest BCUT2D eigenvalue weighted by Gasteiger charge is 2.19. The molecule has 1 saturated heterocycles. The summed E-state index contributed by atoms with van der Waals surface area (Å²) in [4.78, 5) is 24.6. The van der Waals surface area contributed by atoms with Crippen LogP contribution in [0, 0.1) is 0 Å². The Hall–Kier alpha value is -2.91. The van der Waals surface area contributed by atoms with Crippen LogP contribution in [0.1, 0.15) is 37.0 Å². The predicted molar refractivity (Wildman–Crippen MR) is 119 cm³/mol. The number of amides is 3. The fourth-order valence-electron chi connectivity index (χ4n) is 3.10. The Morgan fingerprint density at radius 2 is 1.61 bits per heavy atom. The molecular weight excluding hydrogens is 418 g/mol. The average molecular weight is 446 g/mol. The van der Waals surface area contributed by atoms with E-state index in [0.717, 1.165) is 19.4 Å². The highest BCUT2D eigenvalue weighted by molar-refractivity contribution is 7.92. The number of urea groups is 1. The van der Waals surface area contributed by atoms with Crippen molar-refractivity contribution in [2.75, 3.05) is 23.8 Å². The quantitative estimate of drug-likeness (QED) is 0.604. The first-order chi connectivity index (χ1) is 14.8. The van der Waals surface area contributed by atoms with E-state index in [2.05, 4.69) is 16.0 Å². The largest absolute Gasteiger partial charge is 0.376 e. The maximum absolute atomic E-state index is 12.4. The third-order valence-electron chi connectivity index (χ3n) is 4.98. The summed E-state index contributed by atoms with van der Waals surface area (Å²) in [5.41, 5.74) is 1.48. The second kappa shape index (κ2) is 9.93. The topological polar surface area (TPSA) is 114 Å². The van der Waals surface area contributed by atoms with Crippen LogP contribution in [0.5, 0.6) is 0 Å². The highest BCUT2D eigenvalue weighted by Crippen LogP contribution is 2.18. The molecule has 1 atom stereocenters. The molecule has 8 nitrogen and oxygen atoms in total. The van der Waals surface area contributed by atoms with Crippen molar-refractivity contribution in [1.82, 2.24) is 5.32 Å². The summed E-state index contributed by atoms with van der Waals surface area (Å²) in [5.74, 6) is -0.358. The summed E-state index contributed by atoms with van der Waals surface area (Å²) in [7, 11) is -3.38. The van der Waals surface area contributed by atoms with Gasteiger partial charge in [-0.2, -0.15) is 0 Å². The van der Waals surface area contributed by atoms with Gasteiger partial charge >= 0.3 is 6.03 Å². The van der Waals surface area contributed by atoms with Gasteiger partial charge in [-0.1, -0.05) is 0 Å². The lowest BCUT2D eigenvalue weighted by Crippen LogP contribution is -2.35. The Kier molecular flexibility index (Phi) is 7.29. The molecule has 1 unspecified atom stereocenters. The van der Waals surface area contributed by atoms with Gasteiger partial charge in [0.1, 0.15) is 0 Å². The van der Waals surface area contributed by atoms with Crippen molar-refractivity contribution in [1.29, 1.82) is 0 Å². The lowest BCUT2D eigenvalue weighted by Gasteiger charge is -2.12. The molecule has 0 radical (unpaired) electrons. The first-order valence-electron chi connectivity index (χ1n) is 10.2. The van der Waals surface area contributed by atoms with Gasteiger partial charge in [0.2, 0.25) is 0 Å². The zero-order valence-electron chi connectivity index (χ0n) is 17.6. The van der Waals surface area contributed by atoms with Crippen molar-refractivity contribution in [2.24, 2.45) is 0 Å². The van der Waals surface area contributed by atoms with Crippen LogP contribution in [-0.2, 0) is 14.6 Å². The van der Waals surface area contributed by atoms with Crippen LogP contribution >= 0.6 is 0 Å². The van der Waals surface area contributed by atoms with Crippen LogP contribution in [-0.4, -0.2) is 44.9 Å². The standard InChI is InChI=1S/C22H27N3O5S/c1-15(2)31(28,29)20-11-5-16(6-12-20)21(26)24-17-7-9-18(10-8-17)25-22(27)23-14-19-4-3-13-30-19/h5-12,15,19H,3-4,13-14H2,1-2H3,(H,24,26)(H2,23,25,27). The fourth-order valence-corrected chi connectivity index (χ4v) is 4.16. The molecule has 0 bridgehead atoms. The minimum atomic E-state index is -3.38. The summed E-state index contributed by atoms with van der Waals surface area (Å²) in [5, 5.41) is 7.73. The molecule has 31 heavy (non-hydrogen) atoms. The molecule has 2 aromatic carbocycles. The van der Waals surface area contributed by atoms with E-state index in [1.807, 2.05) is 0 Å². The van der Waals surface area contributed by atoms with Crippen LogP contribution in [0.3, 0.4) is 0 Å². The van der Waals surface area contributed by atoms with Gasteiger partial charge < -0.3 is 20.7 Å². The Bertz CT molecular complexity index is 1010. The molecule has 0 aliphatic carbocycles. The number of rotatable bonds is 7. The maximum atomic E-state index is 12.4. The molecule has 0 saturated carbocycles. The summed E-state index contributed by atoms with van der Waals surface area (Å²) >= 11 is 0. The molecule has 1 aliphatic rings. The van der Waals surface area contributed by atoms with Gasteiger partial charge in [-0.3, -0.25) is 4.79 Å². The van der Waals surface area contributed by atoms with E-state index in [4.69, 9.17) is 4.74 Å². The smallest absolute Gasteiger partial charge is 0.319 e. The molecule has 0 aromatic heterocycles. The zero-order chi connectivity index (χ0) is 22.4. The summed E-state index contributed by atoms with van der Waals surface area (Å²) in [6.07, 6.45) is 2.04. The molecule has 1 heterocycles. The summed E-state index contributed by atoms with van der Waals surface area (Å²) < 4.78 is 29.8. The lowest BCUT2D eigenvalue weighted by molar-refractivity contribution is 0.102. The molecule has 2 aromatic rings. The molecule has 3 amide bonds. The number of nitrogens with one attached hydrogen (secondary N) is 3. The number of hydrogen-bond donors (Lipinski definition) is 3. The van der Waals surface area contributed by atoms with Gasteiger partial charge in [-0.15, -0.1) is 0 Å². The van der Waals surface area contributed by atoms with Crippen molar-refractivity contribution < 1.29 is 22.7 Å². The number of benzene rings is 2. The summed E-state index contributed by atoms with van der Waals surface area (Å²) in [6.45, 7) is 4.43. The summed E-state index contributed by atoms with van der Waals surface area (Å²) in [6, 6.07) is 12.2. The van der Waals surface area contributed by atoms with Crippen LogP contribution < -0.4 is 16.0 Å². The second-order valence-corrected chi connectivity index (χ2v) is 10.1. The Morgan fingerprint density at radius 3 is 2.16 bits per heavy atom. The van der Waals surface area contributed by atoms with E-state index in [0.29, 0.717) is 23.5 Å². The van der Waals surface area contributed by atoms with E-state index < -0.39 is 15.1 Å². The molecule has 166 valence electrons. The highest BCUT2D eigenvalue weighted by atomic mass is 32.2. The van der Waals surface area contributed by atoms with Crippen LogP contribution in [0.25, 0.3) is 0 Å². The minimum absolute atomic E-state index is 0.0721. The lowest BCUT2D eigenvalue weighted by atomic mass is 10.2. The van der Waals surface area contributed by atoms with Crippen LogP contribution in [0.2, 0.25) is 0 Å². The van der Waals surface area contributed by atoms with E-state index in [1.54, 1.807) is 38.1 Å². The molecule has 3 N–H and O–H groups in total. The molecular formula is C22H27N3O5S. The number of hydrogen-bond acceptors (Lipinski definition) is 5. The monoisotopic (exact) mass is 445 g/mol. The van der Waals surface area contributed by atoms with Crippen molar-refractivity contribution in [3.05, 3.63) is 54.1 Å².